The predicted molar refractivity (Wildman–Crippen MR) is 83.1 cm³/mol. The first-order chi connectivity index (χ1) is 9.47. The fraction of sp³-hybridized carbons (Fsp3) is 0.133. The number of rotatable bonds is 3. The summed E-state index contributed by atoms with van der Waals surface area (Å²) in [5.74, 6) is -0.354. The quantitative estimate of drug-likeness (QED) is 0.902. The van der Waals surface area contributed by atoms with E-state index < -0.39 is 0 Å². The van der Waals surface area contributed by atoms with Crippen LogP contribution in [-0.2, 0) is 6.54 Å². The van der Waals surface area contributed by atoms with Gasteiger partial charge in [0.1, 0.15) is 5.75 Å². The zero-order valence-electron chi connectivity index (χ0n) is 10.8. The Labute approximate surface area is 130 Å². The number of carbonyl (C=O) groups is 1. The average Bonchev–Trinajstić information content (AvgIpc) is 2.40. The van der Waals surface area contributed by atoms with E-state index in [0.717, 1.165) is 10.0 Å². The number of hydrogen-bond donors (Lipinski definition) is 1. The summed E-state index contributed by atoms with van der Waals surface area (Å²) in [5, 5.41) is 10.2. The third-order valence-corrected chi connectivity index (χ3v) is 3.63. The van der Waals surface area contributed by atoms with Gasteiger partial charge < -0.3 is 10.0 Å². The molecule has 104 valence electrons. The van der Waals surface area contributed by atoms with Crippen LogP contribution in [0.1, 0.15) is 15.9 Å². The van der Waals surface area contributed by atoms with E-state index in [-0.39, 0.29) is 17.2 Å². The van der Waals surface area contributed by atoms with Crippen LogP contribution in [-0.4, -0.2) is 23.0 Å². The van der Waals surface area contributed by atoms with Gasteiger partial charge in [0.05, 0.1) is 5.56 Å². The molecule has 0 aromatic heterocycles. The molecule has 5 heteroatoms. The Hall–Kier alpha value is -1.52. The molecular formula is C15H13BrClNO2. The molecule has 20 heavy (non-hydrogen) atoms. The second-order valence-electron chi connectivity index (χ2n) is 4.45. The molecule has 0 atom stereocenters. The normalized spacial score (nSPS) is 10.3. The smallest absolute Gasteiger partial charge is 0.257 e. The van der Waals surface area contributed by atoms with Crippen molar-refractivity contribution < 1.29 is 9.90 Å². The van der Waals surface area contributed by atoms with E-state index in [2.05, 4.69) is 15.9 Å². The van der Waals surface area contributed by atoms with Crippen LogP contribution in [0.3, 0.4) is 0 Å². The molecule has 0 aliphatic rings. The molecular weight excluding hydrogens is 342 g/mol. The van der Waals surface area contributed by atoms with Gasteiger partial charge in [-0.3, -0.25) is 4.79 Å². The maximum atomic E-state index is 12.3. The summed E-state index contributed by atoms with van der Waals surface area (Å²) in [5.41, 5.74) is 1.26. The van der Waals surface area contributed by atoms with Crippen molar-refractivity contribution in [3.8, 4) is 5.75 Å². The molecule has 0 radical (unpaired) electrons. The second-order valence-corrected chi connectivity index (χ2v) is 5.80. The number of benzene rings is 2. The van der Waals surface area contributed by atoms with Gasteiger partial charge >= 0.3 is 0 Å². The summed E-state index contributed by atoms with van der Waals surface area (Å²) >= 11 is 9.12. The van der Waals surface area contributed by atoms with Crippen molar-refractivity contribution >= 4 is 33.4 Å². The third-order valence-electron chi connectivity index (χ3n) is 2.87. The van der Waals surface area contributed by atoms with Crippen LogP contribution >= 0.6 is 27.5 Å². The fourth-order valence-corrected chi connectivity index (χ4v) is 2.26. The molecule has 0 saturated heterocycles. The molecule has 0 aliphatic heterocycles. The minimum absolute atomic E-state index is 0.106. The van der Waals surface area contributed by atoms with E-state index in [9.17, 15) is 9.90 Å². The van der Waals surface area contributed by atoms with Gasteiger partial charge in [0, 0.05) is 23.1 Å². The molecule has 0 aliphatic carbocycles. The number of phenolic OH excluding ortho intramolecular Hbond substituents is 1. The molecule has 0 heterocycles. The minimum atomic E-state index is -0.248. The lowest BCUT2D eigenvalue weighted by Crippen LogP contribution is -2.26. The Morgan fingerprint density at radius 2 is 1.90 bits per heavy atom. The van der Waals surface area contributed by atoms with Crippen molar-refractivity contribution in [3.05, 3.63) is 63.1 Å². The van der Waals surface area contributed by atoms with E-state index in [1.807, 2.05) is 24.3 Å². The number of aromatic hydroxyl groups is 1. The van der Waals surface area contributed by atoms with Crippen molar-refractivity contribution in [2.24, 2.45) is 0 Å². The highest BCUT2D eigenvalue weighted by Gasteiger charge is 2.16. The number of phenols is 1. The Morgan fingerprint density at radius 1 is 1.25 bits per heavy atom. The summed E-state index contributed by atoms with van der Waals surface area (Å²) in [6, 6.07) is 12.2. The fourth-order valence-electron chi connectivity index (χ4n) is 1.83. The summed E-state index contributed by atoms with van der Waals surface area (Å²) in [4.78, 5) is 13.8. The van der Waals surface area contributed by atoms with Gasteiger partial charge in [0.2, 0.25) is 0 Å². The van der Waals surface area contributed by atoms with E-state index >= 15 is 0 Å². The monoisotopic (exact) mass is 353 g/mol. The van der Waals surface area contributed by atoms with Crippen molar-refractivity contribution in [3.63, 3.8) is 0 Å². The Balaban J connectivity index is 2.14. The van der Waals surface area contributed by atoms with Crippen LogP contribution in [0.4, 0.5) is 0 Å². The van der Waals surface area contributed by atoms with Crippen molar-refractivity contribution in [1.29, 1.82) is 0 Å². The van der Waals surface area contributed by atoms with Crippen LogP contribution in [0.25, 0.3) is 0 Å². The van der Waals surface area contributed by atoms with Crippen LogP contribution < -0.4 is 0 Å². The molecule has 3 nitrogen and oxygen atoms in total. The number of nitrogens with zero attached hydrogens (tertiary/aromatic N) is 1. The zero-order chi connectivity index (χ0) is 14.7. The first-order valence-electron chi connectivity index (χ1n) is 5.96. The first-order valence-corrected chi connectivity index (χ1v) is 7.13. The Kier molecular flexibility index (Phi) is 4.68. The molecule has 2 aromatic rings. The van der Waals surface area contributed by atoms with Gasteiger partial charge in [-0.05, 0) is 35.9 Å². The first kappa shape index (κ1) is 14.9. The van der Waals surface area contributed by atoms with E-state index in [4.69, 9.17) is 11.6 Å². The highest BCUT2D eigenvalue weighted by Crippen LogP contribution is 2.23. The van der Waals surface area contributed by atoms with Gasteiger partial charge in [-0.1, -0.05) is 39.7 Å². The number of carbonyl (C=O) groups excluding carboxylic acids is 1. The third kappa shape index (κ3) is 3.52. The molecule has 0 spiro atoms. The lowest BCUT2D eigenvalue weighted by atomic mass is 10.1. The van der Waals surface area contributed by atoms with Crippen LogP contribution in [0.2, 0.25) is 5.02 Å². The second kappa shape index (κ2) is 6.29. The summed E-state index contributed by atoms with van der Waals surface area (Å²) in [6.07, 6.45) is 0. The van der Waals surface area contributed by atoms with Gasteiger partial charge in [0.25, 0.3) is 5.91 Å². The summed E-state index contributed by atoms with van der Waals surface area (Å²) in [7, 11) is 1.69. The van der Waals surface area contributed by atoms with Gasteiger partial charge in [0.15, 0.2) is 0 Å². The molecule has 1 N–H and O–H groups in total. The minimum Gasteiger partial charge on any atom is -0.507 e. The molecule has 1 amide bonds. The van der Waals surface area contributed by atoms with Gasteiger partial charge in [-0.2, -0.15) is 0 Å². The van der Waals surface area contributed by atoms with Crippen LogP contribution in [0.15, 0.2) is 46.9 Å². The number of halogens is 2. The molecule has 0 unspecified atom stereocenters. The highest BCUT2D eigenvalue weighted by molar-refractivity contribution is 9.10. The molecule has 0 saturated carbocycles. The van der Waals surface area contributed by atoms with Crippen LogP contribution in [0, 0.1) is 0 Å². The van der Waals surface area contributed by atoms with E-state index in [0.29, 0.717) is 11.6 Å². The van der Waals surface area contributed by atoms with Crippen molar-refractivity contribution in [2.45, 2.75) is 6.54 Å². The lowest BCUT2D eigenvalue weighted by molar-refractivity contribution is 0.0782. The van der Waals surface area contributed by atoms with E-state index in [1.54, 1.807) is 18.0 Å². The maximum absolute atomic E-state index is 12.3. The Bertz CT molecular complexity index is 628. The van der Waals surface area contributed by atoms with Crippen LogP contribution in [0.5, 0.6) is 5.75 Å². The number of hydrogen-bond acceptors (Lipinski definition) is 2. The maximum Gasteiger partial charge on any atom is 0.257 e. The SMILES string of the molecule is CN(Cc1ccc(Br)cc1)C(=O)c1ccc(Cl)cc1O. The predicted octanol–water partition coefficient (Wildman–Crippen LogP) is 4.08. The molecule has 0 fully saturated rings. The highest BCUT2D eigenvalue weighted by atomic mass is 79.9. The van der Waals surface area contributed by atoms with Crippen molar-refractivity contribution in [1.82, 2.24) is 4.90 Å². The largest absolute Gasteiger partial charge is 0.507 e. The van der Waals surface area contributed by atoms with Gasteiger partial charge in [-0.15, -0.1) is 0 Å². The molecule has 0 bridgehead atoms. The summed E-state index contributed by atoms with van der Waals surface area (Å²) in [6.45, 7) is 0.466. The molecule has 2 aromatic carbocycles. The van der Waals surface area contributed by atoms with E-state index in [1.165, 1.54) is 12.1 Å². The van der Waals surface area contributed by atoms with Gasteiger partial charge in [-0.25, -0.2) is 0 Å². The summed E-state index contributed by atoms with van der Waals surface area (Å²) < 4.78 is 0.991. The standard InChI is InChI=1S/C15H13BrClNO2/c1-18(9-10-2-4-11(16)5-3-10)15(20)13-7-6-12(17)8-14(13)19/h2-8,19H,9H2,1H3. The average molecular weight is 355 g/mol. The number of amides is 1. The lowest BCUT2D eigenvalue weighted by Gasteiger charge is -2.18. The zero-order valence-corrected chi connectivity index (χ0v) is 13.1. The van der Waals surface area contributed by atoms with Crippen molar-refractivity contribution in [2.75, 3.05) is 7.05 Å². The topological polar surface area (TPSA) is 40.5 Å². The Morgan fingerprint density at radius 3 is 2.50 bits per heavy atom. The molecule has 2 rings (SSSR count).